The van der Waals surface area contributed by atoms with Crippen LogP contribution in [0, 0.1) is 5.92 Å². The second-order valence-electron chi connectivity index (χ2n) is 6.74. The van der Waals surface area contributed by atoms with Gasteiger partial charge in [0.05, 0.1) is 6.10 Å². The lowest BCUT2D eigenvalue weighted by atomic mass is 10.0. The number of nitrogens with zero attached hydrogens (tertiary/aromatic N) is 2. The molecule has 1 heterocycles. The van der Waals surface area contributed by atoms with Crippen LogP contribution in [0.5, 0.6) is 0 Å². The number of hydrogen-bond acceptors (Lipinski definition) is 3. The maximum Gasteiger partial charge on any atom is 0.0942 e. The zero-order valence-electron chi connectivity index (χ0n) is 14.1. The van der Waals surface area contributed by atoms with Gasteiger partial charge in [0.25, 0.3) is 0 Å². The molecule has 0 saturated carbocycles. The number of aliphatic hydroxyl groups is 1. The number of hydrogen-bond donors (Lipinski definition) is 1. The minimum absolute atomic E-state index is 0.157. The first-order valence-electron chi connectivity index (χ1n) is 8.11. The van der Waals surface area contributed by atoms with E-state index in [4.69, 9.17) is 0 Å². The second kappa shape index (κ2) is 6.91. The van der Waals surface area contributed by atoms with E-state index in [0.29, 0.717) is 12.0 Å². The molecule has 118 valence electrons. The third-order valence-corrected chi connectivity index (χ3v) is 5.03. The molecule has 1 aromatic rings. The molecule has 4 atom stereocenters. The molecule has 2 rings (SSSR count). The van der Waals surface area contributed by atoms with Crippen LogP contribution in [-0.2, 0) is 6.42 Å². The predicted octanol–water partition coefficient (Wildman–Crippen LogP) is 2.55. The Balaban J connectivity index is 2.03. The Bertz CT molecular complexity index is 443. The van der Waals surface area contributed by atoms with Gasteiger partial charge in [-0.25, -0.2) is 0 Å². The molecular formula is C18H30N2O. The lowest BCUT2D eigenvalue weighted by molar-refractivity contribution is 0.0673. The summed E-state index contributed by atoms with van der Waals surface area (Å²) in [6.45, 7) is 8.71. The van der Waals surface area contributed by atoms with Gasteiger partial charge in [-0.2, -0.15) is 0 Å². The molecule has 3 heteroatoms. The van der Waals surface area contributed by atoms with E-state index in [9.17, 15) is 5.11 Å². The van der Waals surface area contributed by atoms with Gasteiger partial charge in [-0.1, -0.05) is 38.1 Å². The Morgan fingerprint density at radius 1 is 1.24 bits per heavy atom. The van der Waals surface area contributed by atoms with E-state index in [0.717, 1.165) is 25.1 Å². The van der Waals surface area contributed by atoms with Crippen LogP contribution in [0.3, 0.4) is 0 Å². The number of aliphatic hydroxyl groups excluding tert-OH is 1. The van der Waals surface area contributed by atoms with E-state index >= 15 is 0 Å². The maximum atomic E-state index is 10.7. The van der Waals surface area contributed by atoms with Gasteiger partial charge in [0.2, 0.25) is 0 Å². The van der Waals surface area contributed by atoms with Crippen LogP contribution in [0.1, 0.15) is 38.0 Å². The molecule has 21 heavy (non-hydrogen) atoms. The predicted molar refractivity (Wildman–Crippen MR) is 88.5 cm³/mol. The summed E-state index contributed by atoms with van der Waals surface area (Å²) in [4.78, 5) is 4.73. The Morgan fingerprint density at radius 3 is 2.33 bits per heavy atom. The van der Waals surface area contributed by atoms with E-state index in [1.807, 2.05) is 0 Å². The first-order valence-corrected chi connectivity index (χ1v) is 8.11. The van der Waals surface area contributed by atoms with Crippen LogP contribution >= 0.6 is 0 Å². The van der Waals surface area contributed by atoms with Crippen LogP contribution in [-0.4, -0.2) is 54.2 Å². The Hall–Kier alpha value is -0.900. The quantitative estimate of drug-likeness (QED) is 0.903. The van der Waals surface area contributed by atoms with E-state index in [1.54, 1.807) is 0 Å². The summed E-state index contributed by atoms with van der Waals surface area (Å²) in [7, 11) is 4.30. The molecule has 0 amide bonds. The molecule has 0 spiro atoms. The summed E-state index contributed by atoms with van der Waals surface area (Å²) in [6.07, 6.45) is 0.629. The topological polar surface area (TPSA) is 26.7 Å². The number of aryl methyl sites for hydroxylation is 1. The van der Waals surface area contributed by atoms with Crippen molar-refractivity contribution in [3.63, 3.8) is 0 Å². The maximum absolute atomic E-state index is 10.7. The highest BCUT2D eigenvalue weighted by Gasteiger charge is 2.35. The zero-order valence-corrected chi connectivity index (χ0v) is 14.1. The fourth-order valence-corrected chi connectivity index (χ4v) is 3.42. The molecule has 3 nitrogen and oxygen atoms in total. The van der Waals surface area contributed by atoms with Gasteiger partial charge in [0, 0.05) is 25.2 Å². The van der Waals surface area contributed by atoms with Gasteiger partial charge >= 0.3 is 0 Å². The highest BCUT2D eigenvalue weighted by Crippen LogP contribution is 2.28. The summed E-state index contributed by atoms with van der Waals surface area (Å²) >= 11 is 0. The highest BCUT2D eigenvalue weighted by atomic mass is 16.3. The lowest BCUT2D eigenvalue weighted by Crippen LogP contribution is -2.39. The fourth-order valence-electron chi connectivity index (χ4n) is 3.42. The van der Waals surface area contributed by atoms with Crippen molar-refractivity contribution in [1.82, 2.24) is 9.80 Å². The van der Waals surface area contributed by atoms with E-state index in [-0.39, 0.29) is 6.04 Å². The molecule has 4 unspecified atom stereocenters. The highest BCUT2D eigenvalue weighted by molar-refractivity contribution is 5.25. The smallest absolute Gasteiger partial charge is 0.0942 e. The molecule has 1 N–H and O–H groups in total. The average molecular weight is 290 g/mol. The third kappa shape index (κ3) is 3.65. The summed E-state index contributed by atoms with van der Waals surface area (Å²) in [5, 5.41) is 10.7. The molecule has 1 aromatic carbocycles. The van der Waals surface area contributed by atoms with Gasteiger partial charge in [-0.3, -0.25) is 4.90 Å². The van der Waals surface area contributed by atoms with Gasteiger partial charge < -0.3 is 10.0 Å². The van der Waals surface area contributed by atoms with Crippen LogP contribution < -0.4 is 0 Å². The van der Waals surface area contributed by atoms with Crippen LogP contribution in [0.15, 0.2) is 24.3 Å². The standard InChI is InChI=1S/C18H30N2O/c1-6-15-7-9-16(10-8-15)18(21)14(3)20-11-13(2)17(12-20)19(4)5/h7-10,13-14,17-18,21H,6,11-12H2,1-5H3. The Morgan fingerprint density at radius 2 is 1.86 bits per heavy atom. The molecule has 1 fully saturated rings. The first-order chi connectivity index (χ1) is 9.93. The van der Waals surface area contributed by atoms with Crippen molar-refractivity contribution in [2.75, 3.05) is 27.2 Å². The van der Waals surface area contributed by atoms with Crippen molar-refractivity contribution in [2.24, 2.45) is 5.92 Å². The minimum atomic E-state index is -0.413. The molecular weight excluding hydrogens is 260 g/mol. The Kier molecular flexibility index (Phi) is 5.42. The molecule has 1 aliphatic heterocycles. The van der Waals surface area contributed by atoms with Crippen molar-refractivity contribution in [2.45, 2.75) is 45.4 Å². The van der Waals surface area contributed by atoms with Gasteiger partial charge in [0.1, 0.15) is 0 Å². The monoisotopic (exact) mass is 290 g/mol. The molecule has 1 saturated heterocycles. The molecule has 1 aliphatic rings. The van der Waals surface area contributed by atoms with Crippen LogP contribution in [0.2, 0.25) is 0 Å². The largest absolute Gasteiger partial charge is 0.387 e. The van der Waals surface area contributed by atoms with Crippen LogP contribution in [0.4, 0.5) is 0 Å². The minimum Gasteiger partial charge on any atom is -0.387 e. The number of benzene rings is 1. The average Bonchev–Trinajstić information content (AvgIpc) is 2.88. The summed E-state index contributed by atoms with van der Waals surface area (Å²) < 4.78 is 0. The SMILES string of the molecule is CCc1ccc(C(O)C(C)N2CC(C)C(N(C)C)C2)cc1. The van der Waals surface area contributed by atoms with Crippen molar-refractivity contribution in [3.05, 3.63) is 35.4 Å². The fraction of sp³-hybridized carbons (Fsp3) is 0.667. The van der Waals surface area contributed by atoms with Crippen molar-refractivity contribution in [3.8, 4) is 0 Å². The number of likely N-dealkylation sites (tertiary alicyclic amines) is 1. The third-order valence-electron chi connectivity index (χ3n) is 5.03. The van der Waals surface area contributed by atoms with Crippen molar-refractivity contribution < 1.29 is 5.11 Å². The van der Waals surface area contributed by atoms with Gasteiger partial charge in [-0.15, -0.1) is 0 Å². The van der Waals surface area contributed by atoms with Gasteiger partial charge in [0.15, 0.2) is 0 Å². The molecule has 0 aromatic heterocycles. The lowest BCUT2D eigenvalue weighted by Gasteiger charge is -2.29. The summed E-state index contributed by atoms with van der Waals surface area (Å²) in [6, 6.07) is 9.14. The first kappa shape index (κ1) is 16.5. The van der Waals surface area contributed by atoms with Crippen molar-refractivity contribution in [1.29, 1.82) is 0 Å². The van der Waals surface area contributed by atoms with E-state index < -0.39 is 6.10 Å². The summed E-state index contributed by atoms with van der Waals surface area (Å²) in [5.74, 6) is 0.650. The van der Waals surface area contributed by atoms with E-state index in [2.05, 4.69) is 68.9 Å². The molecule has 0 bridgehead atoms. The number of rotatable bonds is 5. The van der Waals surface area contributed by atoms with E-state index in [1.165, 1.54) is 5.56 Å². The van der Waals surface area contributed by atoms with Crippen molar-refractivity contribution >= 4 is 0 Å². The molecule has 0 aliphatic carbocycles. The number of likely N-dealkylation sites (N-methyl/N-ethyl adjacent to an activating group) is 1. The summed E-state index contributed by atoms with van der Waals surface area (Å²) in [5.41, 5.74) is 2.35. The Labute approximate surface area is 129 Å². The normalized spacial score (nSPS) is 26.2. The molecule has 0 radical (unpaired) electrons. The second-order valence-corrected chi connectivity index (χ2v) is 6.74. The van der Waals surface area contributed by atoms with Gasteiger partial charge in [-0.05, 0) is 44.5 Å². The zero-order chi connectivity index (χ0) is 15.6. The van der Waals surface area contributed by atoms with Crippen LogP contribution in [0.25, 0.3) is 0 Å².